The molecule has 0 aromatic heterocycles. The molecule has 0 spiro atoms. The highest BCUT2D eigenvalue weighted by atomic mass is 35.5. The van der Waals surface area contributed by atoms with Gasteiger partial charge < -0.3 is 5.21 Å². The summed E-state index contributed by atoms with van der Waals surface area (Å²) >= 11 is 5.89. The van der Waals surface area contributed by atoms with E-state index in [0.717, 1.165) is 0 Å². The molecule has 0 amide bonds. The molecule has 4 nitrogen and oxygen atoms in total. The van der Waals surface area contributed by atoms with Gasteiger partial charge in [-0.15, -0.1) is 0 Å². The highest BCUT2D eigenvalue weighted by Crippen LogP contribution is 2.29. The lowest BCUT2D eigenvalue weighted by molar-refractivity contribution is -0.355. The molecule has 20 heavy (non-hydrogen) atoms. The first kappa shape index (κ1) is 12.4. The third-order valence-corrected chi connectivity index (χ3v) is 3.34. The zero-order chi connectivity index (χ0) is 14.3. The van der Waals surface area contributed by atoms with Gasteiger partial charge in [0.1, 0.15) is 5.56 Å². The Kier molecular flexibility index (Phi) is 2.78. The average molecular weight is 283 g/mol. The Hall–Kier alpha value is -2.64. The Labute approximate surface area is 119 Å². The third kappa shape index (κ3) is 1.77. The zero-order valence-corrected chi connectivity index (χ0v) is 10.9. The van der Waals surface area contributed by atoms with Crippen LogP contribution in [0, 0.1) is 16.5 Å². The lowest BCUT2D eigenvalue weighted by Crippen LogP contribution is -2.16. The van der Waals surface area contributed by atoms with Crippen molar-refractivity contribution in [1.29, 1.82) is 5.26 Å². The van der Waals surface area contributed by atoms with Crippen LogP contribution in [0.15, 0.2) is 42.5 Å². The van der Waals surface area contributed by atoms with Gasteiger partial charge >= 0.3 is 0 Å². The number of benzene rings is 2. The van der Waals surface area contributed by atoms with Crippen molar-refractivity contribution in [2.45, 2.75) is 0 Å². The van der Waals surface area contributed by atoms with Crippen LogP contribution in [0.3, 0.4) is 0 Å². The summed E-state index contributed by atoms with van der Waals surface area (Å²) in [5.74, 6) is -0.359. The van der Waals surface area contributed by atoms with E-state index in [4.69, 9.17) is 16.9 Å². The van der Waals surface area contributed by atoms with Crippen LogP contribution in [-0.2, 0) is 0 Å². The zero-order valence-electron chi connectivity index (χ0n) is 10.1. The topological polar surface area (TPSA) is 66.9 Å². The number of halogens is 1. The van der Waals surface area contributed by atoms with Crippen LogP contribution < -0.4 is 0 Å². The van der Waals surface area contributed by atoms with Gasteiger partial charge in [-0.1, -0.05) is 17.7 Å². The fraction of sp³-hybridized carbons (Fsp3) is 0. The van der Waals surface area contributed by atoms with Gasteiger partial charge in [-0.3, -0.25) is 4.79 Å². The van der Waals surface area contributed by atoms with E-state index in [0.29, 0.717) is 26.5 Å². The molecular formula is C15H7ClN2O2. The third-order valence-electron chi connectivity index (χ3n) is 3.11. The van der Waals surface area contributed by atoms with Gasteiger partial charge in [-0.05, 0) is 30.3 Å². The second kappa shape index (κ2) is 4.48. The Morgan fingerprint density at radius 2 is 2.00 bits per heavy atom. The molecule has 0 N–H and O–H groups in total. The first-order valence-corrected chi connectivity index (χ1v) is 6.18. The SMILES string of the molecule is N#Cc1ccc2c(c1)[N+]([O-])=C(c1cccc(Cl)c1)C2=O. The van der Waals surface area contributed by atoms with E-state index in [9.17, 15) is 10.0 Å². The average Bonchev–Trinajstić information content (AvgIpc) is 2.70. The maximum atomic E-state index is 12.3. The molecule has 0 aliphatic carbocycles. The monoisotopic (exact) mass is 282 g/mol. The minimum Gasteiger partial charge on any atom is -0.618 e. The summed E-state index contributed by atoms with van der Waals surface area (Å²) in [4.78, 5) is 12.3. The van der Waals surface area contributed by atoms with E-state index in [-0.39, 0.29) is 17.2 Å². The first-order valence-electron chi connectivity index (χ1n) is 5.81. The van der Waals surface area contributed by atoms with E-state index in [1.165, 1.54) is 18.2 Å². The quantitative estimate of drug-likeness (QED) is 0.596. The van der Waals surface area contributed by atoms with E-state index >= 15 is 0 Å². The molecule has 2 aromatic rings. The van der Waals surface area contributed by atoms with Crippen LogP contribution in [0.5, 0.6) is 0 Å². The van der Waals surface area contributed by atoms with E-state index in [2.05, 4.69) is 0 Å². The van der Waals surface area contributed by atoms with Crippen molar-refractivity contribution in [3.8, 4) is 6.07 Å². The van der Waals surface area contributed by atoms with Crippen LogP contribution >= 0.6 is 11.6 Å². The van der Waals surface area contributed by atoms with Gasteiger partial charge in [0.2, 0.25) is 5.69 Å². The number of nitriles is 1. The van der Waals surface area contributed by atoms with Gasteiger partial charge in [-0.2, -0.15) is 10.0 Å². The maximum Gasteiger partial charge on any atom is 0.273 e. The van der Waals surface area contributed by atoms with Gasteiger partial charge in [0, 0.05) is 11.1 Å². The number of nitrogens with zero attached hydrogens (tertiary/aromatic N) is 2. The fourth-order valence-corrected chi connectivity index (χ4v) is 2.38. The predicted octanol–water partition coefficient (Wildman–Crippen LogP) is 3.04. The number of ketones is 1. The van der Waals surface area contributed by atoms with Crippen LogP contribution in [0.2, 0.25) is 5.02 Å². The Balaban J connectivity index is 2.21. The van der Waals surface area contributed by atoms with Gasteiger partial charge in [0.25, 0.3) is 11.5 Å². The second-order valence-corrected chi connectivity index (χ2v) is 4.76. The van der Waals surface area contributed by atoms with Crippen molar-refractivity contribution < 1.29 is 9.53 Å². The number of hydrogen-bond acceptors (Lipinski definition) is 3. The Bertz CT molecular complexity index is 819. The van der Waals surface area contributed by atoms with Crippen LogP contribution in [0.1, 0.15) is 21.5 Å². The molecule has 0 radical (unpaired) electrons. The first-order chi connectivity index (χ1) is 9.61. The molecule has 3 rings (SSSR count). The lowest BCUT2D eigenvalue weighted by Gasteiger charge is -2.02. The van der Waals surface area contributed by atoms with Crippen molar-refractivity contribution in [2.24, 2.45) is 0 Å². The standard InChI is InChI=1S/C15H7ClN2O2/c16-11-3-1-2-10(7-11)14-15(19)12-5-4-9(8-17)6-13(12)18(14)20/h1-7H. The maximum absolute atomic E-state index is 12.3. The van der Waals surface area contributed by atoms with Gasteiger partial charge in [0.15, 0.2) is 0 Å². The summed E-state index contributed by atoms with van der Waals surface area (Å²) in [6, 6.07) is 12.9. The molecule has 0 bridgehead atoms. The summed E-state index contributed by atoms with van der Waals surface area (Å²) in [7, 11) is 0. The summed E-state index contributed by atoms with van der Waals surface area (Å²) in [6.07, 6.45) is 0. The van der Waals surface area contributed by atoms with Crippen LogP contribution in [-0.4, -0.2) is 16.2 Å². The van der Waals surface area contributed by atoms with E-state index in [1.807, 2.05) is 6.07 Å². The molecule has 1 aliphatic rings. The highest BCUT2D eigenvalue weighted by molar-refractivity contribution is 6.52. The number of carbonyl (C=O) groups excluding carboxylic acids is 1. The summed E-state index contributed by atoms with van der Waals surface area (Å²) < 4.78 is 0.560. The van der Waals surface area contributed by atoms with Crippen LogP contribution in [0.4, 0.5) is 5.69 Å². The smallest absolute Gasteiger partial charge is 0.273 e. The molecule has 0 saturated heterocycles. The molecule has 0 fully saturated rings. The second-order valence-electron chi connectivity index (χ2n) is 4.33. The van der Waals surface area contributed by atoms with Crippen molar-refractivity contribution in [2.75, 3.05) is 0 Å². The molecule has 5 heteroatoms. The van der Waals surface area contributed by atoms with Gasteiger partial charge in [0.05, 0.1) is 17.2 Å². The number of Topliss-reactive ketones (excluding diaryl/α,β-unsaturated/α-hetero) is 1. The molecular weight excluding hydrogens is 276 g/mol. The number of carbonyl (C=O) groups is 1. The van der Waals surface area contributed by atoms with Crippen LogP contribution in [0.25, 0.3) is 0 Å². The normalized spacial score (nSPS) is 13.3. The van der Waals surface area contributed by atoms with E-state index in [1.54, 1.807) is 24.3 Å². The minimum absolute atomic E-state index is 0.0255. The van der Waals surface area contributed by atoms with Crippen molar-refractivity contribution in [1.82, 2.24) is 0 Å². The largest absolute Gasteiger partial charge is 0.618 e. The fourth-order valence-electron chi connectivity index (χ4n) is 2.19. The minimum atomic E-state index is -0.359. The van der Waals surface area contributed by atoms with Crippen molar-refractivity contribution in [3.63, 3.8) is 0 Å². The number of hydrogen-bond donors (Lipinski definition) is 0. The van der Waals surface area contributed by atoms with Crippen molar-refractivity contribution >= 4 is 28.8 Å². The molecule has 0 saturated carbocycles. The number of fused-ring (bicyclic) bond motifs is 1. The number of rotatable bonds is 1. The summed E-state index contributed by atoms with van der Waals surface area (Å²) in [5.41, 5.74) is 1.33. The molecule has 0 unspecified atom stereocenters. The molecule has 1 aliphatic heterocycles. The molecule has 2 aromatic carbocycles. The molecule has 96 valence electrons. The summed E-state index contributed by atoms with van der Waals surface area (Å²) in [5, 5.41) is 21.6. The highest BCUT2D eigenvalue weighted by Gasteiger charge is 2.36. The molecule has 0 atom stereocenters. The predicted molar refractivity (Wildman–Crippen MR) is 74.3 cm³/mol. The van der Waals surface area contributed by atoms with Gasteiger partial charge in [-0.25, -0.2) is 0 Å². The Morgan fingerprint density at radius 3 is 2.70 bits per heavy atom. The van der Waals surface area contributed by atoms with Crippen molar-refractivity contribution in [3.05, 3.63) is 69.4 Å². The summed E-state index contributed by atoms with van der Waals surface area (Å²) in [6.45, 7) is 0. The Morgan fingerprint density at radius 1 is 1.20 bits per heavy atom. The lowest BCUT2D eigenvalue weighted by atomic mass is 10.0. The van der Waals surface area contributed by atoms with E-state index < -0.39 is 0 Å². The molecule has 1 heterocycles.